The number of hydrogen-bond acceptors (Lipinski definition) is 1. The van der Waals surface area contributed by atoms with Gasteiger partial charge in [0.1, 0.15) is 0 Å². The highest BCUT2D eigenvalue weighted by atomic mass is 15.1. The average molecular weight is 799 g/mol. The molecular weight excluding hydrogens is 749 g/mol. The molecule has 0 aliphatic rings. The minimum absolute atomic E-state index is 0.0397. The Balaban J connectivity index is 1.11. The summed E-state index contributed by atoms with van der Waals surface area (Å²) in [5.41, 5.74) is 14.7. The lowest BCUT2D eigenvalue weighted by molar-refractivity contribution is 0.590. The molecule has 0 saturated carbocycles. The fraction of sp³-hybridized carbons (Fsp3) is 0.133. The Labute approximate surface area is 364 Å². The summed E-state index contributed by atoms with van der Waals surface area (Å²) in [6.45, 7) is 13.9. The highest BCUT2D eigenvalue weighted by Crippen LogP contribution is 2.47. The maximum atomic E-state index is 2.52. The second-order valence-corrected chi connectivity index (χ2v) is 19.1. The van der Waals surface area contributed by atoms with E-state index in [1.807, 2.05) is 0 Å². The molecule has 0 unspecified atom stereocenters. The Bertz CT molecular complexity index is 3380. The predicted molar refractivity (Wildman–Crippen MR) is 267 cm³/mol. The zero-order chi connectivity index (χ0) is 42.3. The third-order valence-corrected chi connectivity index (χ3v) is 13.0. The number of nitrogens with zero attached hydrogens (tertiary/aromatic N) is 2. The number of fused-ring (bicyclic) bond motifs is 3. The van der Waals surface area contributed by atoms with Crippen LogP contribution in [0.3, 0.4) is 0 Å². The van der Waals surface area contributed by atoms with Crippen LogP contribution < -0.4 is 4.90 Å². The van der Waals surface area contributed by atoms with E-state index in [0.717, 1.165) is 17.1 Å². The van der Waals surface area contributed by atoms with Crippen molar-refractivity contribution < 1.29 is 0 Å². The zero-order valence-electron chi connectivity index (χ0n) is 36.4. The SMILES string of the molecule is CC(C)(C)c1ccc2c(c1)c1cc(C(C)(C)C)ccc1n2-c1ccc2ccc3c(N(c4ccccc4)c4cccc(-c5ccc(-c6ccccc6)cc5)c4)ccc4ccc1c2c43. The molecule has 1 aromatic heterocycles. The van der Waals surface area contributed by atoms with Crippen LogP contribution in [0.2, 0.25) is 0 Å². The Morgan fingerprint density at radius 3 is 1.45 bits per heavy atom. The van der Waals surface area contributed by atoms with Crippen LogP contribution in [0.1, 0.15) is 52.7 Å². The van der Waals surface area contributed by atoms with Crippen molar-refractivity contribution in [2.75, 3.05) is 4.90 Å². The van der Waals surface area contributed by atoms with Crippen LogP contribution >= 0.6 is 0 Å². The van der Waals surface area contributed by atoms with Crippen LogP contribution in [-0.2, 0) is 10.8 Å². The van der Waals surface area contributed by atoms with Crippen molar-refractivity contribution in [3.63, 3.8) is 0 Å². The lowest BCUT2D eigenvalue weighted by atomic mass is 9.85. The third kappa shape index (κ3) is 6.24. The minimum Gasteiger partial charge on any atom is -0.310 e. The summed E-state index contributed by atoms with van der Waals surface area (Å²) >= 11 is 0. The molecule has 0 fully saturated rings. The smallest absolute Gasteiger partial charge is 0.0541 e. The van der Waals surface area contributed by atoms with Gasteiger partial charge in [0.15, 0.2) is 0 Å². The van der Waals surface area contributed by atoms with E-state index in [9.17, 15) is 0 Å². The molecule has 2 nitrogen and oxygen atoms in total. The molecule has 11 aromatic rings. The molecule has 0 atom stereocenters. The van der Waals surface area contributed by atoms with E-state index in [4.69, 9.17) is 0 Å². The molecule has 11 rings (SSSR count). The van der Waals surface area contributed by atoms with Crippen LogP contribution in [-0.4, -0.2) is 4.57 Å². The molecule has 0 spiro atoms. The van der Waals surface area contributed by atoms with Crippen molar-refractivity contribution in [2.24, 2.45) is 0 Å². The van der Waals surface area contributed by atoms with E-state index < -0.39 is 0 Å². The first-order valence-corrected chi connectivity index (χ1v) is 21.9. The van der Waals surface area contributed by atoms with Gasteiger partial charge in [0, 0.05) is 32.9 Å². The fourth-order valence-electron chi connectivity index (χ4n) is 9.69. The molecule has 0 N–H and O–H groups in total. The Morgan fingerprint density at radius 1 is 0.355 bits per heavy atom. The largest absolute Gasteiger partial charge is 0.310 e. The van der Waals surface area contributed by atoms with Gasteiger partial charge in [-0.25, -0.2) is 0 Å². The second kappa shape index (κ2) is 14.2. The van der Waals surface area contributed by atoms with Gasteiger partial charge in [0.2, 0.25) is 0 Å². The van der Waals surface area contributed by atoms with Gasteiger partial charge in [-0.2, -0.15) is 0 Å². The van der Waals surface area contributed by atoms with Crippen molar-refractivity contribution in [1.29, 1.82) is 0 Å². The standard InChI is InChI=1S/C60H50N2/c1-59(2,3)45-28-34-55-51(37-45)52-38-46(60(4,5)6)29-35-56(52)62(55)54-33-27-43-24-30-49-53(32-26-42-25-31-50(54)58(43)57(42)49)61(47-17-11-8-12-18-47)48-19-13-16-44(36-48)41-22-20-40(21-23-41)39-14-9-7-10-15-39/h7-38H,1-6H3. The number of para-hydroxylation sites is 1. The van der Waals surface area contributed by atoms with Gasteiger partial charge in [-0.05, 0) is 126 Å². The molecule has 300 valence electrons. The first-order valence-electron chi connectivity index (χ1n) is 21.9. The maximum absolute atomic E-state index is 2.52. The molecule has 1 heterocycles. The van der Waals surface area contributed by atoms with Crippen LogP contribution in [0.5, 0.6) is 0 Å². The number of benzene rings is 10. The second-order valence-electron chi connectivity index (χ2n) is 19.1. The van der Waals surface area contributed by atoms with Gasteiger partial charge in [-0.15, -0.1) is 0 Å². The van der Waals surface area contributed by atoms with E-state index in [2.05, 4.69) is 245 Å². The molecule has 0 bridgehead atoms. The van der Waals surface area contributed by atoms with Crippen LogP contribution in [0.15, 0.2) is 194 Å². The van der Waals surface area contributed by atoms with E-state index >= 15 is 0 Å². The number of rotatable bonds is 6. The van der Waals surface area contributed by atoms with Gasteiger partial charge >= 0.3 is 0 Å². The molecule has 10 aromatic carbocycles. The lowest BCUT2D eigenvalue weighted by Crippen LogP contribution is -2.10. The van der Waals surface area contributed by atoms with Gasteiger partial charge in [0.05, 0.1) is 22.4 Å². The Morgan fingerprint density at radius 2 is 0.839 bits per heavy atom. The summed E-state index contributed by atoms with van der Waals surface area (Å²) in [4.78, 5) is 2.43. The van der Waals surface area contributed by atoms with Gasteiger partial charge in [-0.3, -0.25) is 0 Å². The fourth-order valence-corrected chi connectivity index (χ4v) is 9.69. The molecule has 0 aliphatic carbocycles. The number of hydrogen-bond donors (Lipinski definition) is 0. The monoisotopic (exact) mass is 798 g/mol. The molecule has 0 amide bonds. The molecule has 2 heteroatoms. The summed E-state index contributed by atoms with van der Waals surface area (Å²) in [6.07, 6.45) is 0. The van der Waals surface area contributed by atoms with E-state index in [1.54, 1.807) is 0 Å². The highest BCUT2D eigenvalue weighted by Gasteiger charge is 2.24. The highest BCUT2D eigenvalue weighted by molar-refractivity contribution is 6.27. The van der Waals surface area contributed by atoms with Gasteiger partial charge < -0.3 is 9.47 Å². The molecule has 0 saturated heterocycles. The summed E-state index contributed by atoms with van der Waals surface area (Å²) in [5, 5.41) is 10.2. The van der Waals surface area contributed by atoms with E-state index in [1.165, 1.54) is 93.2 Å². The summed E-state index contributed by atoms with van der Waals surface area (Å²) in [7, 11) is 0. The number of anilines is 3. The van der Waals surface area contributed by atoms with Crippen molar-refractivity contribution in [2.45, 2.75) is 52.4 Å². The Hall–Kier alpha value is -7.16. The van der Waals surface area contributed by atoms with Crippen LogP contribution in [0.4, 0.5) is 17.1 Å². The molecular formula is C60H50N2. The zero-order valence-corrected chi connectivity index (χ0v) is 36.4. The third-order valence-electron chi connectivity index (χ3n) is 13.0. The van der Waals surface area contributed by atoms with E-state index in [-0.39, 0.29) is 10.8 Å². The minimum atomic E-state index is 0.0397. The van der Waals surface area contributed by atoms with Crippen molar-refractivity contribution in [1.82, 2.24) is 4.57 Å². The Kier molecular flexibility index (Phi) is 8.67. The summed E-state index contributed by atoms with van der Waals surface area (Å²) < 4.78 is 2.52. The van der Waals surface area contributed by atoms with Gasteiger partial charge in [0.25, 0.3) is 0 Å². The maximum Gasteiger partial charge on any atom is 0.0541 e. The first-order chi connectivity index (χ1) is 30.0. The summed E-state index contributed by atoms with van der Waals surface area (Å²) in [6, 6.07) is 72.2. The number of aromatic nitrogens is 1. The van der Waals surface area contributed by atoms with Crippen molar-refractivity contribution in [3.05, 3.63) is 205 Å². The van der Waals surface area contributed by atoms with Gasteiger partial charge in [-0.1, -0.05) is 175 Å². The van der Waals surface area contributed by atoms with Crippen LogP contribution in [0, 0.1) is 0 Å². The molecule has 0 radical (unpaired) electrons. The molecule has 0 aliphatic heterocycles. The van der Waals surface area contributed by atoms with Crippen LogP contribution in [0.25, 0.3) is 82.1 Å². The topological polar surface area (TPSA) is 8.17 Å². The molecule has 62 heavy (non-hydrogen) atoms. The van der Waals surface area contributed by atoms with Crippen molar-refractivity contribution >= 4 is 71.2 Å². The normalized spacial score (nSPS) is 12.4. The lowest BCUT2D eigenvalue weighted by Gasteiger charge is -2.28. The quantitative estimate of drug-likeness (QED) is 0.152. The summed E-state index contributed by atoms with van der Waals surface area (Å²) in [5.74, 6) is 0. The first kappa shape index (κ1) is 37.8. The average Bonchev–Trinajstić information content (AvgIpc) is 3.62. The van der Waals surface area contributed by atoms with E-state index in [0.29, 0.717) is 0 Å². The van der Waals surface area contributed by atoms with Crippen molar-refractivity contribution in [3.8, 4) is 27.9 Å². The predicted octanol–water partition coefficient (Wildman–Crippen LogP) is 17.1.